The van der Waals surface area contributed by atoms with E-state index in [2.05, 4.69) is 31.6 Å². The van der Waals surface area contributed by atoms with Crippen molar-refractivity contribution in [2.45, 2.75) is 13.1 Å². The summed E-state index contributed by atoms with van der Waals surface area (Å²) in [7, 11) is 0. The highest BCUT2D eigenvalue weighted by atomic mass is 79.9. The SMILES string of the molecule is Fc1cccc(CNCCn2ccnn2)c1Br. The van der Waals surface area contributed by atoms with Gasteiger partial charge in [0.05, 0.1) is 17.2 Å². The fourth-order valence-electron chi connectivity index (χ4n) is 1.45. The maximum Gasteiger partial charge on any atom is 0.137 e. The summed E-state index contributed by atoms with van der Waals surface area (Å²) in [5, 5.41) is 10.8. The lowest BCUT2D eigenvalue weighted by molar-refractivity contribution is 0.538. The summed E-state index contributed by atoms with van der Waals surface area (Å²) >= 11 is 3.23. The molecule has 17 heavy (non-hydrogen) atoms. The molecule has 0 spiro atoms. The molecule has 0 aliphatic heterocycles. The Bertz CT molecular complexity index is 472. The number of aromatic nitrogens is 3. The summed E-state index contributed by atoms with van der Waals surface area (Å²) < 4.78 is 15.5. The summed E-state index contributed by atoms with van der Waals surface area (Å²) in [5.41, 5.74) is 0.906. The van der Waals surface area contributed by atoms with Crippen LogP contribution in [0.15, 0.2) is 35.1 Å². The monoisotopic (exact) mass is 298 g/mol. The van der Waals surface area contributed by atoms with Gasteiger partial charge in [0.15, 0.2) is 0 Å². The molecular formula is C11H12BrFN4. The van der Waals surface area contributed by atoms with Crippen LogP contribution in [0.3, 0.4) is 0 Å². The van der Waals surface area contributed by atoms with Crippen molar-refractivity contribution in [3.63, 3.8) is 0 Å². The molecule has 0 fully saturated rings. The number of halogens is 2. The van der Waals surface area contributed by atoms with Gasteiger partial charge in [0.1, 0.15) is 5.82 Å². The standard InChI is InChI=1S/C11H12BrFN4/c12-11-9(2-1-3-10(11)13)8-14-4-6-17-7-5-15-16-17/h1-3,5,7,14H,4,6,8H2. The smallest absolute Gasteiger partial charge is 0.137 e. The number of benzene rings is 1. The summed E-state index contributed by atoms with van der Waals surface area (Å²) in [6.45, 7) is 2.12. The van der Waals surface area contributed by atoms with Gasteiger partial charge in [-0.05, 0) is 27.6 Å². The number of nitrogens with zero attached hydrogens (tertiary/aromatic N) is 3. The molecule has 0 aliphatic rings. The minimum atomic E-state index is -0.236. The van der Waals surface area contributed by atoms with E-state index in [1.807, 2.05) is 6.07 Å². The van der Waals surface area contributed by atoms with Crippen LogP contribution in [0.4, 0.5) is 4.39 Å². The Kier molecular flexibility index (Phi) is 4.22. The Morgan fingerprint density at radius 3 is 3.06 bits per heavy atom. The Labute approximate surface area is 107 Å². The maximum atomic E-state index is 13.2. The van der Waals surface area contributed by atoms with Gasteiger partial charge in [0.25, 0.3) is 0 Å². The first-order chi connectivity index (χ1) is 8.27. The molecule has 6 heteroatoms. The van der Waals surface area contributed by atoms with Crippen molar-refractivity contribution in [3.05, 3.63) is 46.4 Å². The maximum absolute atomic E-state index is 13.2. The Morgan fingerprint density at radius 1 is 1.41 bits per heavy atom. The van der Waals surface area contributed by atoms with Crippen molar-refractivity contribution < 1.29 is 4.39 Å². The van der Waals surface area contributed by atoms with Crippen molar-refractivity contribution in [2.75, 3.05) is 6.54 Å². The number of nitrogens with one attached hydrogen (secondary N) is 1. The minimum Gasteiger partial charge on any atom is -0.311 e. The van der Waals surface area contributed by atoms with E-state index in [9.17, 15) is 4.39 Å². The summed E-state index contributed by atoms with van der Waals surface area (Å²) in [4.78, 5) is 0. The molecule has 4 nitrogen and oxygen atoms in total. The molecular weight excluding hydrogens is 287 g/mol. The third kappa shape index (κ3) is 3.34. The van der Waals surface area contributed by atoms with Crippen LogP contribution in [0.5, 0.6) is 0 Å². The fraction of sp³-hybridized carbons (Fsp3) is 0.273. The molecule has 1 aromatic heterocycles. The van der Waals surface area contributed by atoms with E-state index in [1.165, 1.54) is 6.07 Å². The lowest BCUT2D eigenvalue weighted by atomic mass is 10.2. The molecule has 0 bridgehead atoms. The predicted octanol–water partition coefficient (Wildman–Crippen LogP) is 1.97. The molecule has 2 aromatic rings. The number of hydrogen-bond donors (Lipinski definition) is 1. The minimum absolute atomic E-state index is 0.236. The molecule has 90 valence electrons. The zero-order valence-corrected chi connectivity index (χ0v) is 10.7. The fourth-order valence-corrected chi connectivity index (χ4v) is 1.86. The average molecular weight is 299 g/mol. The van der Waals surface area contributed by atoms with E-state index < -0.39 is 0 Å². The second kappa shape index (κ2) is 5.88. The second-order valence-corrected chi connectivity index (χ2v) is 4.35. The van der Waals surface area contributed by atoms with Crippen LogP contribution >= 0.6 is 15.9 Å². The molecule has 2 rings (SSSR count). The molecule has 0 atom stereocenters. The van der Waals surface area contributed by atoms with Crippen LogP contribution in [0.2, 0.25) is 0 Å². The first-order valence-corrected chi connectivity index (χ1v) is 6.04. The second-order valence-electron chi connectivity index (χ2n) is 3.56. The third-order valence-electron chi connectivity index (χ3n) is 2.34. The molecule has 0 amide bonds. The zero-order chi connectivity index (χ0) is 12.1. The Hall–Kier alpha value is -1.27. The summed E-state index contributed by atoms with van der Waals surface area (Å²) in [6, 6.07) is 5.02. The van der Waals surface area contributed by atoms with Crippen molar-refractivity contribution in [1.82, 2.24) is 20.3 Å². The van der Waals surface area contributed by atoms with Gasteiger partial charge in [-0.1, -0.05) is 17.3 Å². The average Bonchev–Trinajstić information content (AvgIpc) is 2.83. The first kappa shape index (κ1) is 12.2. The molecule has 1 aromatic carbocycles. The van der Waals surface area contributed by atoms with Gasteiger partial charge in [-0.15, -0.1) is 5.10 Å². The van der Waals surface area contributed by atoms with E-state index in [0.717, 1.165) is 18.7 Å². The normalized spacial score (nSPS) is 10.7. The van der Waals surface area contributed by atoms with E-state index >= 15 is 0 Å². The van der Waals surface area contributed by atoms with Crippen LogP contribution in [0, 0.1) is 5.82 Å². The highest BCUT2D eigenvalue weighted by molar-refractivity contribution is 9.10. The molecule has 1 heterocycles. The van der Waals surface area contributed by atoms with Crippen molar-refractivity contribution in [2.24, 2.45) is 0 Å². The quantitative estimate of drug-likeness (QED) is 0.858. The molecule has 0 saturated heterocycles. The molecule has 1 N–H and O–H groups in total. The van der Waals surface area contributed by atoms with Gasteiger partial charge in [-0.3, -0.25) is 4.68 Å². The Morgan fingerprint density at radius 2 is 2.29 bits per heavy atom. The first-order valence-electron chi connectivity index (χ1n) is 5.25. The van der Waals surface area contributed by atoms with E-state index in [4.69, 9.17) is 0 Å². The van der Waals surface area contributed by atoms with Crippen LogP contribution < -0.4 is 5.32 Å². The Balaban J connectivity index is 1.80. The lowest BCUT2D eigenvalue weighted by Gasteiger charge is -2.07. The number of rotatable bonds is 5. The predicted molar refractivity (Wildman–Crippen MR) is 65.8 cm³/mol. The molecule has 0 aliphatic carbocycles. The number of hydrogen-bond acceptors (Lipinski definition) is 3. The van der Waals surface area contributed by atoms with Gasteiger partial charge in [0.2, 0.25) is 0 Å². The van der Waals surface area contributed by atoms with Gasteiger partial charge in [0, 0.05) is 19.3 Å². The van der Waals surface area contributed by atoms with Crippen molar-refractivity contribution >= 4 is 15.9 Å². The van der Waals surface area contributed by atoms with Crippen LogP contribution in [0.1, 0.15) is 5.56 Å². The highest BCUT2D eigenvalue weighted by Crippen LogP contribution is 2.19. The van der Waals surface area contributed by atoms with Crippen molar-refractivity contribution in [3.8, 4) is 0 Å². The zero-order valence-electron chi connectivity index (χ0n) is 9.11. The van der Waals surface area contributed by atoms with E-state index in [-0.39, 0.29) is 5.82 Å². The molecule has 0 radical (unpaired) electrons. The largest absolute Gasteiger partial charge is 0.311 e. The van der Waals surface area contributed by atoms with Gasteiger partial charge in [-0.2, -0.15) is 0 Å². The summed E-state index contributed by atoms with van der Waals surface area (Å²) in [5.74, 6) is -0.236. The third-order valence-corrected chi connectivity index (χ3v) is 3.22. The molecule has 0 saturated carbocycles. The van der Waals surface area contributed by atoms with Crippen molar-refractivity contribution in [1.29, 1.82) is 0 Å². The highest BCUT2D eigenvalue weighted by Gasteiger charge is 2.03. The van der Waals surface area contributed by atoms with Gasteiger partial charge in [-0.25, -0.2) is 4.39 Å². The summed E-state index contributed by atoms with van der Waals surface area (Å²) in [6.07, 6.45) is 3.45. The van der Waals surface area contributed by atoms with E-state index in [0.29, 0.717) is 11.0 Å². The van der Waals surface area contributed by atoms with Gasteiger partial charge < -0.3 is 5.32 Å². The van der Waals surface area contributed by atoms with Crippen LogP contribution in [0.25, 0.3) is 0 Å². The topological polar surface area (TPSA) is 42.7 Å². The molecule has 0 unspecified atom stereocenters. The van der Waals surface area contributed by atoms with Crippen LogP contribution in [-0.4, -0.2) is 21.5 Å². The lowest BCUT2D eigenvalue weighted by Crippen LogP contribution is -2.20. The van der Waals surface area contributed by atoms with E-state index in [1.54, 1.807) is 23.1 Å². The van der Waals surface area contributed by atoms with Gasteiger partial charge >= 0.3 is 0 Å². The van der Waals surface area contributed by atoms with Crippen LogP contribution in [-0.2, 0) is 13.1 Å².